The van der Waals surface area contributed by atoms with Gasteiger partial charge in [-0.25, -0.2) is 0 Å². The standard InChI is InChI=1S/C22H23BrN2O3S/c1-14-2-7-19(8-3-14)29(26,27)28-13-15-10-18(11-15)25-21-9-6-17(23)12-20(21)22(24-25)16-4-5-16/h2-3,6-9,12,15-16,18H,4-5,10-11,13H2,1H3/t15-,18-. The highest BCUT2D eigenvalue weighted by Crippen LogP contribution is 2.46. The summed E-state index contributed by atoms with van der Waals surface area (Å²) in [6.07, 6.45) is 4.22. The van der Waals surface area contributed by atoms with Gasteiger partial charge in [0.1, 0.15) is 0 Å². The number of hydrogen-bond acceptors (Lipinski definition) is 4. The molecule has 0 amide bonds. The molecule has 2 aliphatic rings. The number of aryl methyl sites for hydroxylation is 1. The molecule has 1 heterocycles. The molecule has 29 heavy (non-hydrogen) atoms. The maximum atomic E-state index is 12.4. The van der Waals surface area contributed by atoms with E-state index in [0.717, 1.165) is 22.9 Å². The third kappa shape index (κ3) is 3.76. The highest BCUT2D eigenvalue weighted by molar-refractivity contribution is 9.10. The fourth-order valence-electron chi connectivity index (χ4n) is 4.07. The van der Waals surface area contributed by atoms with Gasteiger partial charge in [-0.05, 0) is 68.9 Å². The number of fused-ring (bicyclic) bond motifs is 1. The summed E-state index contributed by atoms with van der Waals surface area (Å²) >= 11 is 3.57. The van der Waals surface area contributed by atoms with Crippen LogP contribution in [0.4, 0.5) is 0 Å². The molecule has 2 aliphatic carbocycles. The van der Waals surface area contributed by atoms with Crippen LogP contribution in [0.2, 0.25) is 0 Å². The zero-order valence-corrected chi connectivity index (χ0v) is 18.6. The lowest BCUT2D eigenvalue weighted by Crippen LogP contribution is -2.31. The molecule has 0 radical (unpaired) electrons. The van der Waals surface area contributed by atoms with Gasteiger partial charge >= 0.3 is 0 Å². The predicted octanol–water partition coefficient (Wildman–Crippen LogP) is 5.34. The van der Waals surface area contributed by atoms with Crippen LogP contribution in [0.3, 0.4) is 0 Å². The first-order chi connectivity index (χ1) is 13.9. The Bertz CT molecular complexity index is 1160. The van der Waals surface area contributed by atoms with Crippen molar-refractivity contribution in [3.8, 4) is 0 Å². The Kier molecular flexibility index (Phi) is 4.80. The Labute approximate surface area is 179 Å². The van der Waals surface area contributed by atoms with E-state index in [1.54, 1.807) is 24.3 Å². The van der Waals surface area contributed by atoms with Crippen molar-refractivity contribution in [3.63, 3.8) is 0 Å². The lowest BCUT2D eigenvalue weighted by molar-refractivity contribution is 0.123. The monoisotopic (exact) mass is 474 g/mol. The van der Waals surface area contributed by atoms with Crippen LogP contribution in [0.5, 0.6) is 0 Å². The first-order valence-electron chi connectivity index (χ1n) is 10.0. The van der Waals surface area contributed by atoms with Crippen LogP contribution in [0, 0.1) is 12.8 Å². The molecular formula is C22H23BrN2O3S. The van der Waals surface area contributed by atoms with E-state index in [-0.39, 0.29) is 17.4 Å². The summed E-state index contributed by atoms with van der Waals surface area (Å²) in [6, 6.07) is 13.4. The van der Waals surface area contributed by atoms with Crippen molar-refractivity contribution in [2.75, 3.05) is 6.61 Å². The minimum absolute atomic E-state index is 0.219. The highest BCUT2D eigenvalue weighted by Gasteiger charge is 2.36. The number of nitrogens with zero attached hydrogens (tertiary/aromatic N) is 2. The number of halogens is 1. The maximum absolute atomic E-state index is 12.4. The molecule has 0 bridgehead atoms. The number of benzene rings is 2. The molecular weight excluding hydrogens is 452 g/mol. The third-order valence-corrected chi connectivity index (χ3v) is 7.78. The van der Waals surface area contributed by atoms with Gasteiger partial charge in [0, 0.05) is 15.8 Å². The van der Waals surface area contributed by atoms with E-state index in [4.69, 9.17) is 9.28 Å². The second kappa shape index (κ2) is 7.22. The molecule has 3 aromatic rings. The summed E-state index contributed by atoms with van der Waals surface area (Å²) in [7, 11) is -3.70. The van der Waals surface area contributed by atoms with Crippen molar-refractivity contribution >= 4 is 37.0 Å². The molecule has 0 aliphatic heterocycles. The van der Waals surface area contributed by atoms with E-state index < -0.39 is 10.1 Å². The van der Waals surface area contributed by atoms with Gasteiger partial charge < -0.3 is 0 Å². The molecule has 2 aromatic carbocycles. The van der Waals surface area contributed by atoms with E-state index in [9.17, 15) is 8.42 Å². The molecule has 0 unspecified atom stereocenters. The van der Waals surface area contributed by atoms with Crippen LogP contribution in [0.25, 0.3) is 10.9 Å². The summed E-state index contributed by atoms with van der Waals surface area (Å²) in [6.45, 7) is 2.16. The van der Waals surface area contributed by atoms with E-state index in [1.807, 2.05) is 6.92 Å². The lowest BCUT2D eigenvalue weighted by atomic mass is 9.81. The van der Waals surface area contributed by atoms with Gasteiger partial charge in [0.2, 0.25) is 0 Å². The predicted molar refractivity (Wildman–Crippen MR) is 115 cm³/mol. The van der Waals surface area contributed by atoms with Crippen LogP contribution in [0.1, 0.15) is 48.9 Å². The number of rotatable bonds is 6. The van der Waals surface area contributed by atoms with Crippen LogP contribution in [-0.4, -0.2) is 24.8 Å². The van der Waals surface area contributed by atoms with Crippen LogP contribution < -0.4 is 0 Å². The molecule has 0 saturated heterocycles. The zero-order valence-electron chi connectivity index (χ0n) is 16.2. The van der Waals surface area contributed by atoms with Gasteiger partial charge in [0.05, 0.1) is 28.8 Å². The van der Waals surface area contributed by atoms with Gasteiger partial charge in [-0.1, -0.05) is 33.6 Å². The summed E-state index contributed by atoms with van der Waals surface area (Å²) in [4.78, 5) is 0.219. The Morgan fingerprint density at radius 2 is 1.86 bits per heavy atom. The molecule has 1 aromatic heterocycles. The average molecular weight is 475 g/mol. The van der Waals surface area contributed by atoms with E-state index in [0.29, 0.717) is 12.0 Å². The van der Waals surface area contributed by atoms with Gasteiger partial charge in [-0.3, -0.25) is 8.86 Å². The smallest absolute Gasteiger partial charge is 0.266 e. The third-order valence-electron chi connectivity index (χ3n) is 5.99. The fourth-order valence-corrected chi connectivity index (χ4v) is 5.41. The number of aromatic nitrogens is 2. The van der Waals surface area contributed by atoms with Crippen molar-refractivity contribution in [1.82, 2.24) is 9.78 Å². The van der Waals surface area contributed by atoms with Crippen LogP contribution in [-0.2, 0) is 14.3 Å². The molecule has 2 saturated carbocycles. The average Bonchev–Trinajstić information content (AvgIpc) is 3.43. The topological polar surface area (TPSA) is 61.2 Å². The number of hydrogen-bond donors (Lipinski definition) is 0. The fraction of sp³-hybridized carbons (Fsp3) is 0.409. The van der Waals surface area contributed by atoms with Gasteiger partial charge in [0.25, 0.3) is 10.1 Å². The van der Waals surface area contributed by atoms with Crippen molar-refractivity contribution in [3.05, 3.63) is 58.2 Å². The van der Waals surface area contributed by atoms with Gasteiger partial charge in [0.15, 0.2) is 0 Å². The summed E-state index contributed by atoms with van der Waals surface area (Å²) in [5, 5.41) is 6.19. The Morgan fingerprint density at radius 1 is 1.14 bits per heavy atom. The second-order valence-electron chi connectivity index (χ2n) is 8.31. The molecule has 0 spiro atoms. The Balaban J connectivity index is 1.26. The largest absolute Gasteiger partial charge is 0.296 e. The molecule has 7 heteroatoms. The summed E-state index contributed by atoms with van der Waals surface area (Å²) in [5.74, 6) is 0.825. The lowest BCUT2D eigenvalue weighted by Gasteiger charge is -2.35. The van der Waals surface area contributed by atoms with Crippen LogP contribution >= 0.6 is 15.9 Å². The molecule has 5 nitrogen and oxygen atoms in total. The summed E-state index contributed by atoms with van der Waals surface area (Å²) in [5.41, 5.74) is 3.41. The van der Waals surface area contributed by atoms with Crippen molar-refractivity contribution in [1.29, 1.82) is 0 Å². The maximum Gasteiger partial charge on any atom is 0.296 e. The minimum Gasteiger partial charge on any atom is -0.266 e. The van der Waals surface area contributed by atoms with Crippen molar-refractivity contribution in [2.24, 2.45) is 5.92 Å². The summed E-state index contributed by atoms with van der Waals surface area (Å²) < 4.78 is 33.3. The Hall–Kier alpha value is -1.70. The SMILES string of the molecule is Cc1ccc(S(=O)(=O)OC[C@H]2C[C@H](n3nc(C4CC4)c4cc(Br)ccc43)C2)cc1. The second-order valence-corrected chi connectivity index (χ2v) is 10.8. The van der Waals surface area contributed by atoms with Crippen LogP contribution in [0.15, 0.2) is 51.8 Å². The van der Waals surface area contributed by atoms with E-state index in [1.165, 1.54) is 29.4 Å². The molecule has 0 atom stereocenters. The normalized spacial score (nSPS) is 22.0. The van der Waals surface area contributed by atoms with Crippen molar-refractivity contribution < 1.29 is 12.6 Å². The minimum atomic E-state index is -3.70. The van der Waals surface area contributed by atoms with E-state index >= 15 is 0 Å². The molecule has 152 valence electrons. The van der Waals surface area contributed by atoms with Crippen molar-refractivity contribution in [2.45, 2.75) is 49.5 Å². The quantitative estimate of drug-likeness (QED) is 0.452. The van der Waals surface area contributed by atoms with Gasteiger partial charge in [-0.2, -0.15) is 13.5 Å². The molecule has 2 fully saturated rings. The van der Waals surface area contributed by atoms with Gasteiger partial charge in [-0.15, -0.1) is 0 Å². The first kappa shape index (κ1) is 19.3. The molecule has 0 N–H and O–H groups in total. The van der Waals surface area contributed by atoms with E-state index in [2.05, 4.69) is 38.8 Å². The first-order valence-corrected chi connectivity index (χ1v) is 12.2. The molecule has 5 rings (SSSR count). The zero-order chi connectivity index (χ0) is 20.2. The highest BCUT2D eigenvalue weighted by atomic mass is 79.9. The Morgan fingerprint density at radius 3 is 2.55 bits per heavy atom.